The Bertz CT molecular complexity index is 496. The van der Waals surface area contributed by atoms with Gasteiger partial charge in [-0.1, -0.05) is 0 Å². The lowest BCUT2D eigenvalue weighted by atomic mass is 10.2. The maximum atomic E-state index is 12.5. The average Bonchev–Trinajstić information content (AvgIpc) is 2.29. The number of pyridine rings is 1. The summed E-state index contributed by atoms with van der Waals surface area (Å²) >= 11 is 0. The molecule has 1 rings (SSSR count). The summed E-state index contributed by atoms with van der Waals surface area (Å²) in [5, 5.41) is 8.48. The van der Waals surface area contributed by atoms with E-state index in [0.29, 0.717) is 6.07 Å². The van der Waals surface area contributed by atoms with Crippen molar-refractivity contribution < 1.29 is 31.4 Å². The number of nitrogens with zero attached hydrogens (tertiary/aromatic N) is 2. The molecule has 1 aromatic heterocycles. The van der Waals surface area contributed by atoms with Crippen LogP contribution in [0.5, 0.6) is 11.5 Å². The second-order valence-corrected chi connectivity index (χ2v) is 3.21. The number of ether oxygens (including phenoxy) is 2. The molecule has 0 aliphatic heterocycles. The third-order valence-corrected chi connectivity index (χ3v) is 1.94. The number of nitriles is 1. The zero-order valence-corrected chi connectivity index (χ0v) is 9.46. The highest BCUT2D eigenvalue weighted by Gasteiger charge is 2.34. The second-order valence-electron chi connectivity index (χ2n) is 3.21. The van der Waals surface area contributed by atoms with Crippen molar-refractivity contribution >= 4 is 0 Å². The van der Waals surface area contributed by atoms with E-state index in [1.54, 1.807) is 0 Å². The Balaban J connectivity index is 3.36. The van der Waals surface area contributed by atoms with Crippen molar-refractivity contribution in [3.63, 3.8) is 0 Å². The molecule has 1 heterocycles. The third-order valence-electron chi connectivity index (χ3n) is 1.94. The molecular formula is C10H7F5N2O2. The maximum absolute atomic E-state index is 12.5. The molecule has 0 spiro atoms. The Kier molecular flexibility index (Phi) is 4.47. The van der Waals surface area contributed by atoms with Crippen LogP contribution < -0.4 is 9.47 Å². The molecule has 0 saturated carbocycles. The van der Waals surface area contributed by atoms with Gasteiger partial charge in [0.15, 0.2) is 11.5 Å². The fraction of sp³-hybridized carbons (Fsp3) is 0.400. The molecule has 0 atom stereocenters. The minimum atomic E-state index is -5.05. The molecule has 0 aliphatic carbocycles. The molecule has 4 nitrogen and oxygen atoms in total. The van der Waals surface area contributed by atoms with Gasteiger partial charge in [-0.25, -0.2) is 13.8 Å². The summed E-state index contributed by atoms with van der Waals surface area (Å²) in [5.74, 6) is -1.45. The average molecular weight is 282 g/mol. The zero-order valence-electron chi connectivity index (χ0n) is 9.46. The fourth-order valence-electron chi connectivity index (χ4n) is 1.26. The van der Waals surface area contributed by atoms with Gasteiger partial charge in [0.25, 0.3) is 6.43 Å². The molecule has 0 N–H and O–H groups in total. The number of aromatic nitrogens is 1. The standard InChI is InChI=1S/C10H7F5N2O2/c1-18-7-4-6(9(11)12)17-5(2-3-16)8(7)19-10(13,14)15/h4,9H,2H2,1H3. The van der Waals surface area contributed by atoms with E-state index in [1.807, 2.05) is 0 Å². The highest BCUT2D eigenvalue weighted by Crippen LogP contribution is 2.37. The van der Waals surface area contributed by atoms with Crippen LogP contribution in [0, 0.1) is 11.3 Å². The first-order valence-electron chi connectivity index (χ1n) is 4.77. The first-order chi connectivity index (χ1) is 8.78. The van der Waals surface area contributed by atoms with E-state index in [-0.39, 0.29) is 0 Å². The molecular weight excluding hydrogens is 275 g/mol. The van der Waals surface area contributed by atoms with Crippen molar-refractivity contribution in [1.29, 1.82) is 5.26 Å². The van der Waals surface area contributed by atoms with Crippen LogP contribution >= 0.6 is 0 Å². The Morgan fingerprint density at radius 1 is 1.42 bits per heavy atom. The Morgan fingerprint density at radius 3 is 2.47 bits per heavy atom. The molecule has 0 amide bonds. The molecule has 0 unspecified atom stereocenters. The first kappa shape index (κ1) is 14.9. The van der Waals surface area contributed by atoms with Crippen LogP contribution in [0.2, 0.25) is 0 Å². The summed E-state index contributed by atoms with van der Waals surface area (Å²) in [7, 11) is 0.990. The minimum absolute atomic E-state index is 0.561. The van der Waals surface area contributed by atoms with E-state index in [1.165, 1.54) is 6.07 Å². The van der Waals surface area contributed by atoms with Gasteiger partial charge in [0.1, 0.15) is 11.4 Å². The number of halogens is 5. The van der Waals surface area contributed by atoms with E-state index in [0.717, 1.165) is 7.11 Å². The van der Waals surface area contributed by atoms with Gasteiger partial charge in [-0.2, -0.15) is 5.26 Å². The molecule has 104 valence electrons. The van der Waals surface area contributed by atoms with Crippen LogP contribution in [0.3, 0.4) is 0 Å². The number of rotatable bonds is 4. The summed E-state index contributed by atoms with van der Waals surface area (Å²) in [6.07, 6.45) is -8.68. The van der Waals surface area contributed by atoms with Crippen LogP contribution in [0.4, 0.5) is 22.0 Å². The second kappa shape index (κ2) is 5.69. The van der Waals surface area contributed by atoms with Crippen LogP contribution in [-0.2, 0) is 6.42 Å². The summed E-state index contributed by atoms with van der Waals surface area (Å²) in [6.45, 7) is 0. The van der Waals surface area contributed by atoms with Crippen LogP contribution in [0.1, 0.15) is 17.8 Å². The molecule has 9 heteroatoms. The minimum Gasteiger partial charge on any atom is -0.493 e. The lowest BCUT2D eigenvalue weighted by Gasteiger charge is -2.16. The van der Waals surface area contributed by atoms with Gasteiger partial charge in [-0.15, -0.1) is 13.2 Å². The van der Waals surface area contributed by atoms with Gasteiger partial charge < -0.3 is 9.47 Å². The fourth-order valence-corrected chi connectivity index (χ4v) is 1.26. The van der Waals surface area contributed by atoms with Crippen molar-refractivity contribution in [1.82, 2.24) is 4.98 Å². The number of hydrogen-bond acceptors (Lipinski definition) is 4. The predicted octanol–water partition coefficient (Wildman–Crippen LogP) is 2.99. The van der Waals surface area contributed by atoms with Crippen molar-refractivity contribution in [2.24, 2.45) is 0 Å². The summed E-state index contributed by atoms with van der Waals surface area (Å²) in [6, 6.07) is 2.15. The highest BCUT2D eigenvalue weighted by atomic mass is 19.4. The van der Waals surface area contributed by atoms with E-state index in [4.69, 9.17) is 5.26 Å². The Morgan fingerprint density at radius 2 is 2.05 bits per heavy atom. The third kappa shape index (κ3) is 3.94. The van der Waals surface area contributed by atoms with Gasteiger partial charge in [0.2, 0.25) is 0 Å². The maximum Gasteiger partial charge on any atom is 0.573 e. The zero-order chi connectivity index (χ0) is 14.6. The molecule has 0 radical (unpaired) electrons. The monoisotopic (exact) mass is 282 g/mol. The number of methoxy groups -OCH3 is 1. The summed E-state index contributed by atoms with van der Waals surface area (Å²) in [4.78, 5) is 3.28. The predicted molar refractivity (Wildman–Crippen MR) is 51.7 cm³/mol. The molecule has 0 aliphatic rings. The van der Waals surface area contributed by atoms with Crippen molar-refractivity contribution in [3.05, 3.63) is 17.5 Å². The molecule has 0 fully saturated rings. The van der Waals surface area contributed by atoms with Crippen LogP contribution in [-0.4, -0.2) is 18.5 Å². The van der Waals surface area contributed by atoms with Gasteiger partial charge in [-0.3, -0.25) is 0 Å². The molecule has 0 aromatic carbocycles. The lowest BCUT2D eigenvalue weighted by molar-refractivity contribution is -0.275. The lowest BCUT2D eigenvalue weighted by Crippen LogP contribution is -2.19. The van der Waals surface area contributed by atoms with Gasteiger partial charge in [-0.05, 0) is 0 Å². The van der Waals surface area contributed by atoms with Crippen molar-refractivity contribution in [2.75, 3.05) is 7.11 Å². The summed E-state index contributed by atoms with van der Waals surface area (Å²) < 4.78 is 69.8. The van der Waals surface area contributed by atoms with Crippen LogP contribution in [0.15, 0.2) is 6.07 Å². The largest absolute Gasteiger partial charge is 0.573 e. The van der Waals surface area contributed by atoms with Crippen molar-refractivity contribution in [2.45, 2.75) is 19.2 Å². The summed E-state index contributed by atoms with van der Waals surface area (Å²) in [5.41, 5.74) is -1.36. The van der Waals surface area contributed by atoms with Crippen LogP contribution in [0.25, 0.3) is 0 Å². The molecule has 0 bridgehead atoms. The van der Waals surface area contributed by atoms with E-state index in [2.05, 4.69) is 14.5 Å². The van der Waals surface area contributed by atoms with Gasteiger partial charge in [0.05, 0.1) is 19.6 Å². The number of alkyl halides is 5. The number of hydrogen-bond donors (Lipinski definition) is 0. The Labute approximate surface area is 104 Å². The van der Waals surface area contributed by atoms with E-state index in [9.17, 15) is 22.0 Å². The quantitative estimate of drug-likeness (QED) is 0.797. The Hall–Kier alpha value is -2.11. The van der Waals surface area contributed by atoms with E-state index < -0.39 is 42.1 Å². The first-order valence-corrected chi connectivity index (χ1v) is 4.77. The molecule has 1 aromatic rings. The van der Waals surface area contributed by atoms with E-state index >= 15 is 0 Å². The molecule has 0 saturated heterocycles. The topological polar surface area (TPSA) is 55.1 Å². The smallest absolute Gasteiger partial charge is 0.493 e. The van der Waals surface area contributed by atoms with Gasteiger partial charge >= 0.3 is 6.36 Å². The SMILES string of the molecule is COc1cc(C(F)F)nc(CC#N)c1OC(F)(F)F. The highest BCUT2D eigenvalue weighted by molar-refractivity contribution is 5.46. The normalized spacial score (nSPS) is 11.3. The van der Waals surface area contributed by atoms with Gasteiger partial charge in [0, 0.05) is 6.07 Å². The van der Waals surface area contributed by atoms with Crippen molar-refractivity contribution in [3.8, 4) is 17.6 Å². The molecule has 19 heavy (non-hydrogen) atoms.